The van der Waals surface area contributed by atoms with Crippen molar-refractivity contribution in [3.05, 3.63) is 34.9 Å². The summed E-state index contributed by atoms with van der Waals surface area (Å²) in [5.41, 5.74) is 4.98. The summed E-state index contributed by atoms with van der Waals surface area (Å²) in [5, 5.41) is 0. The van der Waals surface area contributed by atoms with Crippen molar-refractivity contribution >= 4 is 0 Å². The van der Waals surface area contributed by atoms with E-state index in [-0.39, 0.29) is 10.8 Å². The van der Waals surface area contributed by atoms with Crippen molar-refractivity contribution in [1.82, 2.24) is 0 Å². The molecule has 0 aliphatic carbocycles. The summed E-state index contributed by atoms with van der Waals surface area (Å²) in [6, 6.07) is 7.16. The number of rotatable bonds is 4. The predicted octanol–water partition coefficient (Wildman–Crippen LogP) is 6.01. The minimum Gasteiger partial charge on any atom is -0.0654 e. The highest BCUT2D eigenvalue weighted by Crippen LogP contribution is 2.34. The molecule has 0 saturated heterocycles. The molecule has 0 bridgehead atoms. The van der Waals surface area contributed by atoms with Gasteiger partial charge in [-0.25, -0.2) is 0 Å². The van der Waals surface area contributed by atoms with Gasteiger partial charge in [-0.3, -0.25) is 0 Å². The molecule has 0 spiro atoms. The van der Waals surface area contributed by atoms with E-state index in [2.05, 4.69) is 66.7 Å². The van der Waals surface area contributed by atoms with Crippen molar-refractivity contribution in [1.29, 1.82) is 0 Å². The van der Waals surface area contributed by atoms with E-state index in [1.165, 1.54) is 42.4 Å². The van der Waals surface area contributed by atoms with Crippen molar-refractivity contribution in [2.24, 2.45) is 0 Å². The maximum absolute atomic E-state index is 2.45. The topological polar surface area (TPSA) is 0 Å². The molecular weight excluding hydrogens is 228 g/mol. The largest absolute Gasteiger partial charge is 0.0654 e. The number of benzene rings is 1. The Labute approximate surface area is 120 Å². The zero-order valence-electron chi connectivity index (χ0n) is 14.1. The molecule has 0 fully saturated rings. The van der Waals surface area contributed by atoms with E-state index in [1.54, 1.807) is 0 Å². The Morgan fingerprint density at radius 2 is 1.37 bits per heavy atom. The van der Waals surface area contributed by atoms with Gasteiger partial charge in [-0.15, -0.1) is 0 Å². The first-order chi connectivity index (χ1) is 8.66. The SMILES string of the molecule is CCCCCc1ccc(C(C)(C)C)c(C(C)(C)C)c1. The first-order valence-corrected chi connectivity index (χ1v) is 7.80. The van der Waals surface area contributed by atoms with E-state index >= 15 is 0 Å². The Hall–Kier alpha value is -0.780. The number of hydrogen-bond donors (Lipinski definition) is 0. The van der Waals surface area contributed by atoms with Crippen molar-refractivity contribution in [3.63, 3.8) is 0 Å². The van der Waals surface area contributed by atoms with Gasteiger partial charge in [0.15, 0.2) is 0 Å². The molecule has 0 aliphatic rings. The predicted molar refractivity (Wildman–Crippen MR) is 87.1 cm³/mol. The summed E-state index contributed by atoms with van der Waals surface area (Å²) in [7, 11) is 0. The molecule has 1 aromatic carbocycles. The van der Waals surface area contributed by atoms with Crippen LogP contribution >= 0.6 is 0 Å². The molecule has 0 amide bonds. The second-order valence-electron chi connectivity index (χ2n) is 7.84. The molecule has 0 aliphatic heterocycles. The highest BCUT2D eigenvalue weighted by atomic mass is 14.3. The van der Waals surface area contributed by atoms with Gasteiger partial charge in [-0.2, -0.15) is 0 Å². The van der Waals surface area contributed by atoms with E-state index in [0.717, 1.165) is 0 Å². The molecule has 19 heavy (non-hydrogen) atoms. The van der Waals surface area contributed by atoms with E-state index in [4.69, 9.17) is 0 Å². The zero-order valence-corrected chi connectivity index (χ0v) is 14.1. The number of hydrogen-bond acceptors (Lipinski definition) is 0. The van der Waals surface area contributed by atoms with Crippen LogP contribution in [0.3, 0.4) is 0 Å². The highest BCUT2D eigenvalue weighted by Gasteiger charge is 2.24. The average Bonchev–Trinajstić information content (AvgIpc) is 2.26. The van der Waals surface area contributed by atoms with Crippen LogP contribution in [0.4, 0.5) is 0 Å². The Morgan fingerprint density at radius 1 is 0.789 bits per heavy atom. The quantitative estimate of drug-likeness (QED) is 0.581. The summed E-state index contributed by atoms with van der Waals surface area (Å²) in [4.78, 5) is 0. The van der Waals surface area contributed by atoms with Gasteiger partial charge in [0.2, 0.25) is 0 Å². The highest BCUT2D eigenvalue weighted by molar-refractivity contribution is 5.40. The van der Waals surface area contributed by atoms with Crippen LogP contribution in [0.2, 0.25) is 0 Å². The van der Waals surface area contributed by atoms with Crippen LogP contribution in [0.1, 0.15) is 84.4 Å². The van der Waals surface area contributed by atoms with Gasteiger partial charge in [0, 0.05) is 0 Å². The third-order valence-electron chi connectivity index (χ3n) is 3.77. The molecule has 0 radical (unpaired) electrons. The molecule has 0 aromatic heterocycles. The van der Waals surface area contributed by atoms with Crippen molar-refractivity contribution in [2.75, 3.05) is 0 Å². The minimum absolute atomic E-state index is 0.226. The van der Waals surface area contributed by atoms with Crippen LogP contribution in [0.5, 0.6) is 0 Å². The third-order valence-corrected chi connectivity index (χ3v) is 3.77. The Bertz CT molecular complexity index is 399. The molecule has 1 rings (SSSR count). The van der Waals surface area contributed by atoms with Gasteiger partial charge in [-0.05, 0) is 40.4 Å². The van der Waals surface area contributed by atoms with Crippen LogP contribution in [-0.4, -0.2) is 0 Å². The molecule has 0 unspecified atom stereocenters. The van der Waals surface area contributed by atoms with Gasteiger partial charge in [0.05, 0.1) is 0 Å². The maximum atomic E-state index is 2.45. The lowest BCUT2D eigenvalue weighted by Gasteiger charge is -2.30. The minimum atomic E-state index is 0.226. The molecule has 108 valence electrons. The smallest absolute Gasteiger partial charge is 0.0129 e. The molecule has 0 N–H and O–H groups in total. The second-order valence-corrected chi connectivity index (χ2v) is 7.84. The van der Waals surface area contributed by atoms with Crippen LogP contribution < -0.4 is 0 Å². The fraction of sp³-hybridized carbons (Fsp3) is 0.684. The van der Waals surface area contributed by atoms with Crippen LogP contribution in [-0.2, 0) is 17.3 Å². The first-order valence-electron chi connectivity index (χ1n) is 7.80. The number of unbranched alkanes of at least 4 members (excludes halogenated alkanes) is 2. The molecule has 0 nitrogen and oxygen atoms in total. The van der Waals surface area contributed by atoms with Crippen LogP contribution in [0.25, 0.3) is 0 Å². The molecule has 0 atom stereocenters. The number of aryl methyl sites for hydroxylation is 1. The second kappa shape index (κ2) is 6.11. The lowest BCUT2D eigenvalue weighted by molar-refractivity contribution is 0.529. The van der Waals surface area contributed by atoms with E-state index in [1.807, 2.05) is 0 Å². The Balaban J connectivity index is 3.10. The molecule has 0 heterocycles. The molecule has 0 saturated carbocycles. The van der Waals surface area contributed by atoms with Crippen molar-refractivity contribution in [3.8, 4) is 0 Å². The standard InChI is InChI=1S/C19H32/c1-8-9-10-11-15-12-13-16(18(2,3)4)17(14-15)19(5,6)7/h12-14H,8-11H2,1-7H3. The fourth-order valence-corrected chi connectivity index (χ4v) is 2.60. The summed E-state index contributed by atoms with van der Waals surface area (Å²) < 4.78 is 0. The van der Waals surface area contributed by atoms with Gasteiger partial charge >= 0.3 is 0 Å². The van der Waals surface area contributed by atoms with Gasteiger partial charge < -0.3 is 0 Å². The van der Waals surface area contributed by atoms with E-state index in [0.29, 0.717) is 0 Å². The lowest BCUT2D eigenvalue weighted by Crippen LogP contribution is -2.22. The van der Waals surface area contributed by atoms with Gasteiger partial charge in [-0.1, -0.05) is 79.5 Å². The van der Waals surface area contributed by atoms with Crippen molar-refractivity contribution < 1.29 is 0 Å². The van der Waals surface area contributed by atoms with Crippen LogP contribution in [0.15, 0.2) is 18.2 Å². The summed E-state index contributed by atoms with van der Waals surface area (Å²) in [6.07, 6.45) is 5.17. The van der Waals surface area contributed by atoms with Crippen LogP contribution in [0, 0.1) is 0 Å². The third kappa shape index (κ3) is 4.67. The first kappa shape index (κ1) is 16.3. The lowest BCUT2D eigenvalue weighted by atomic mass is 9.74. The maximum Gasteiger partial charge on any atom is -0.0129 e. The monoisotopic (exact) mass is 260 g/mol. The molecular formula is C19H32. The van der Waals surface area contributed by atoms with Crippen molar-refractivity contribution in [2.45, 2.75) is 85.0 Å². The summed E-state index contributed by atoms with van der Waals surface area (Å²) in [5.74, 6) is 0. The van der Waals surface area contributed by atoms with Gasteiger partial charge in [0.25, 0.3) is 0 Å². The molecule has 1 aromatic rings. The molecule has 0 heteroatoms. The van der Waals surface area contributed by atoms with E-state index in [9.17, 15) is 0 Å². The van der Waals surface area contributed by atoms with Gasteiger partial charge in [0.1, 0.15) is 0 Å². The summed E-state index contributed by atoms with van der Waals surface area (Å²) in [6.45, 7) is 16.2. The fourth-order valence-electron chi connectivity index (χ4n) is 2.60. The Kier molecular flexibility index (Phi) is 5.24. The zero-order chi connectivity index (χ0) is 14.7. The van der Waals surface area contributed by atoms with E-state index < -0.39 is 0 Å². The Morgan fingerprint density at radius 3 is 1.84 bits per heavy atom. The average molecular weight is 260 g/mol. The normalized spacial score (nSPS) is 12.8. The summed E-state index contributed by atoms with van der Waals surface area (Å²) >= 11 is 0.